The van der Waals surface area contributed by atoms with Gasteiger partial charge in [0.25, 0.3) is 11.6 Å². The molecule has 0 spiro atoms. The Bertz CT molecular complexity index is 813. The maximum Gasteiger partial charge on any atom is 0.296 e. The summed E-state index contributed by atoms with van der Waals surface area (Å²) in [5, 5.41) is 13.5. The van der Waals surface area contributed by atoms with Crippen molar-refractivity contribution in [1.29, 1.82) is 0 Å². The van der Waals surface area contributed by atoms with Crippen molar-refractivity contribution in [3.8, 4) is 11.5 Å². The van der Waals surface area contributed by atoms with Gasteiger partial charge >= 0.3 is 0 Å². The highest BCUT2D eigenvalue weighted by molar-refractivity contribution is 5.96. The van der Waals surface area contributed by atoms with E-state index in [1.54, 1.807) is 0 Å². The molecule has 1 atom stereocenters. The summed E-state index contributed by atoms with van der Waals surface area (Å²) in [5.74, 6) is -2.64. The lowest BCUT2D eigenvalue weighted by molar-refractivity contribution is -0.384. The highest BCUT2D eigenvalue weighted by Crippen LogP contribution is 2.29. The van der Waals surface area contributed by atoms with Gasteiger partial charge < -0.3 is 14.8 Å². The SMILES string of the molecule is COc1ccc(NC(=O)[C@H](C)Oc2ccc(F)c(F)c2)c([N+](=O)[O-])c1. The second kappa shape index (κ2) is 7.56. The van der Waals surface area contributed by atoms with Crippen LogP contribution < -0.4 is 14.8 Å². The number of methoxy groups -OCH3 is 1. The number of hydrogen-bond donors (Lipinski definition) is 1. The van der Waals surface area contributed by atoms with Gasteiger partial charge in [0.1, 0.15) is 17.2 Å². The van der Waals surface area contributed by atoms with E-state index in [1.165, 1.54) is 26.2 Å². The van der Waals surface area contributed by atoms with Gasteiger partial charge in [-0.2, -0.15) is 0 Å². The third kappa shape index (κ3) is 4.40. The summed E-state index contributed by atoms with van der Waals surface area (Å²) < 4.78 is 36.1. The van der Waals surface area contributed by atoms with Gasteiger partial charge in [-0.25, -0.2) is 8.78 Å². The first-order valence-corrected chi connectivity index (χ1v) is 7.07. The molecule has 0 saturated carbocycles. The Kier molecular flexibility index (Phi) is 5.48. The molecule has 2 aromatic carbocycles. The number of nitrogens with one attached hydrogen (secondary N) is 1. The summed E-state index contributed by atoms with van der Waals surface area (Å²) in [7, 11) is 1.36. The Labute approximate surface area is 141 Å². The first kappa shape index (κ1) is 18.1. The van der Waals surface area contributed by atoms with Crippen molar-refractivity contribution < 1.29 is 28.0 Å². The minimum atomic E-state index is -1.11. The summed E-state index contributed by atoms with van der Waals surface area (Å²) in [5.41, 5.74) is -0.399. The minimum absolute atomic E-state index is 0.0449. The predicted molar refractivity (Wildman–Crippen MR) is 84.7 cm³/mol. The second-order valence-corrected chi connectivity index (χ2v) is 4.97. The molecule has 0 bridgehead atoms. The Morgan fingerprint density at radius 1 is 1.16 bits per heavy atom. The smallest absolute Gasteiger partial charge is 0.296 e. The predicted octanol–water partition coefficient (Wildman–Crippen LogP) is 3.29. The molecule has 132 valence electrons. The van der Waals surface area contributed by atoms with Gasteiger partial charge in [0.15, 0.2) is 17.7 Å². The molecule has 0 saturated heterocycles. The molecule has 25 heavy (non-hydrogen) atoms. The number of halogens is 2. The number of ether oxygens (including phenoxy) is 2. The number of nitro groups is 1. The van der Waals surface area contributed by atoms with E-state index in [2.05, 4.69) is 5.32 Å². The van der Waals surface area contributed by atoms with Gasteiger partial charge in [-0.3, -0.25) is 14.9 Å². The molecule has 0 aliphatic heterocycles. The molecule has 0 heterocycles. The fourth-order valence-corrected chi connectivity index (χ4v) is 1.94. The van der Waals surface area contributed by atoms with Crippen LogP contribution in [0.3, 0.4) is 0 Å². The molecule has 0 fully saturated rings. The van der Waals surface area contributed by atoms with E-state index in [-0.39, 0.29) is 22.9 Å². The van der Waals surface area contributed by atoms with Crippen LogP contribution >= 0.6 is 0 Å². The molecule has 0 aliphatic carbocycles. The molecule has 1 amide bonds. The van der Waals surface area contributed by atoms with E-state index in [0.29, 0.717) is 0 Å². The van der Waals surface area contributed by atoms with Gasteiger partial charge in [0, 0.05) is 6.07 Å². The first-order chi connectivity index (χ1) is 11.8. The molecule has 0 aliphatic rings. The Morgan fingerprint density at radius 2 is 1.84 bits per heavy atom. The fourth-order valence-electron chi connectivity index (χ4n) is 1.94. The second-order valence-electron chi connectivity index (χ2n) is 4.97. The van der Waals surface area contributed by atoms with Crippen molar-refractivity contribution in [2.45, 2.75) is 13.0 Å². The van der Waals surface area contributed by atoms with Gasteiger partial charge in [-0.1, -0.05) is 0 Å². The van der Waals surface area contributed by atoms with E-state index in [4.69, 9.17) is 9.47 Å². The minimum Gasteiger partial charge on any atom is -0.496 e. The van der Waals surface area contributed by atoms with Crippen LogP contribution in [0.15, 0.2) is 36.4 Å². The van der Waals surface area contributed by atoms with E-state index >= 15 is 0 Å². The largest absolute Gasteiger partial charge is 0.496 e. The average molecular weight is 352 g/mol. The first-order valence-electron chi connectivity index (χ1n) is 7.07. The molecule has 7 nitrogen and oxygen atoms in total. The number of nitrogens with zero attached hydrogens (tertiary/aromatic N) is 1. The molecule has 2 rings (SSSR count). The van der Waals surface area contributed by atoms with Gasteiger partial charge in [0.05, 0.1) is 18.1 Å². The van der Waals surface area contributed by atoms with Crippen LogP contribution in [0.4, 0.5) is 20.2 Å². The van der Waals surface area contributed by atoms with E-state index in [0.717, 1.165) is 24.3 Å². The highest BCUT2D eigenvalue weighted by atomic mass is 19.2. The molecule has 0 aromatic heterocycles. The quantitative estimate of drug-likeness (QED) is 0.636. The van der Waals surface area contributed by atoms with Gasteiger partial charge in [-0.05, 0) is 31.2 Å². The van der Waals surface area contributed by atoms with Crippen LogP contribution in [0.2, 0.25) is 0 Å². The summed E-state index contributed by atoms with van der Waals surface area (Å²) in [6.07, 6.45) is -1.11. The molecular formula is C16H14F2N2O5. The van der Waals surface area contributed by atoms with Crippen molar-refractivity contribution >= 4 is 17.3 Å². The molecule has 1 N–H and O–H groups in total. The third-order valence-corrected chi connectivity index (χ3v) is 3.23. The van der Waals surface area contributed by atoms with Gasteiger partial charge in [0.2, 0.25) is 0 Å². The van der Waals surface area contributed by atoms with Crippen LogP contribution in [0.5, 0.6) is 11.5 Å². The zero-order valence-electron chi connectivity index (χ0n) is 13.3. The lowest BCUT2D eigenvalue weighted by Crippen LogP contribution is -2.30. The zero-order valence-corrected chi connectivity index (χ0v) is 13.3. The van der Waals surface area contributed by atoms with Crippen LogP contribution in [-0.2, 0) is 4.79 Å². The van der Waals surface area contributed by atoms with E-state index in [9.17, 15) is 23.7 Å². The summed E-state index contributed by atoms with van der Waals surface area (Å²) >= 11 is 0. The third-order valence-electron chi connectivity index (χ3n) is 3.23. The van der Waals surface area contributed by atoms with E-state index in [1.807, 2.05) is 0 Å². The number of anilines is 1. The topological polar surface area (TPSA) is 90.7 Å². The lowest BCUT2D eigenvalue weighted by atomic mass is 10.2. The van der Waals surface area contributed by atoms with Crippen LogP contribution in [0.25, 0.3) is 0 Å². The number of hydrogen-bond acceptors (Lipinski definition) is 5. The van der Waals surface area contributed by atoms with Gasteiger partial charge in [-0.15, -0.1) is 0 Å². The summed E-state index contributed by atoms with van der Waals surface area (Å²) in [6.45, 7) is 1.37. The monoisotopic (exact) mass is 352 g/mol. The van der Waals surface area contributed by atoms with E-state index < -0.39 is 28.6 Å². The zero-order chi connectivity index (χ0) is 18.6. The Balaban J connectivity index is 2.13. The average Bonchev–Trinajstić information content (AvgIpc) is 2.58. The Morgan fingerprint density at radius 3 is 2.44 bits per heavy atom. The van der Waals surface area contributed by atoms with Crippen molar-refractivity contribution in [2.24, 2.45) is 0 Å². The lowest BCUT2D eigenvalue weighted by Gasteiger charge is -2.15. The van der Waals surface area contributed by atoms with Crippen LogP contribution in [-0.4, -0.2) is 24.0 Å². The van der Waals surface area contributed by atoms with Crippen molar-refractivity contribution in [2.75, 3.05) is 12.4 Å². The maximum absolute atomic E-state index is 13.1. The number of carbonyl (C=O) groups is 1. The summed E-state index contributed by atoms with van der Waals surface area (Å²) in [6, 6.07) is 6.76. The normalized spacial score (nSPS) is 11.5. The number of benzene rings is 2. The number of rotatable bonds is 6. The number of nitro benzene ring substituents is 1. The number of amides is 1. The maximum atomic E-state index is 13.1. The molecule has 0 unspecified atom stereocenters. The van der Waals surface area contributed by atoms with Crippen molar-refractivity contribution in [3.63, 3.8) is 0 Å². The van der Waals surface area contributed by atoms with Crippen molar-refractivity contribution in [3.05, 3.63) is 58.1 Å². The number of carbonyl (C=O) groups excluding carboxylic acids is 1. The molecule has 0 radical (unpaired) electrons. The molecule has 2 aromatic rings. The Hall–Kier alpha value is -3.23. The standard InChI is InChI=1S/C16H14F2N2O5/c1-9(25-11-3-5-12(17)13(18)7-11)16(21)19-14-6-4-10(24-2)8-15(14)20(22)23/h3-9H,1-2H3,(H,19,21)/t9-/m0/s1. The molecular weight excluding hydrogens is 338 g/mol. The highest BCUT2D eigenvalue weighted by Gasteiger charge is 2.21. The molecule has 9 heteroatoms. The van der Waals surface area contributed by atoms with Crippen LogP contribution in [0, 0.1) is 21.7 Å². The van der Waals surface area contributed by atoms with Crippen LogP contribution in [0.1, 0.15) is 6.92 Å². The fraction of sp³-hybridized carbons (Fsp3) is 0.188. The van der Waals surface area contributed by atoms with Crippen molar-refractivity contribution in [1.82, 2.24) is 0 Å². The summed E-state index contributed by atoms with van der Waals surface area (Å²) in [4.78, 5) is 22.6.